The first kappa shape index (κ1) is 8.92. The molecule has 2 aliphatic rings. The zero-order chi connectivity index (χ0) is 9.26. The molecule has 0 aromatic rings. The molecular formula is C11H16O2. The Bertz CT molecular complexity index is 218. The van der Waals surface area contributed by atoms with E-state index in [1.54, 1.807) is 0 Å². The largest absolute Gasteiger partial charge is 0.303 e. The summed E-state index contributed by atoms with van der Waals surface area (Å²) in [5.41, 5.74) is 0. The van der Waals surface area contributed by atoms with Crippen molar-refractivity contribution in [3.8, 4) is 0 Å². The van der Waals surface area contributed by atoms with E-state index in [0.717, 1.165) is 25.0 Å². The third kappa shape index (κ3) is 1.67. The fourth-order valence-corrected chi connectivity index (χ4v) is 2.56. The molecule has 0 spiro atoms. The van der Waals surface area contributed by atoms with E-state index in [1.165, 1.54) is 19.3 Å². The maximum atomic E-state index is 11.3. The second kappa shape index (κ2) is 3.60. The van der Waals surface area contributed by atoms with Crippen molar-refractivity contribution in [2.24, 2.45) is 17.8 Å². The van der Waals surface area contributed by atoms with E-state index >= 15 is 0 Å². The molecule has 2 aliphatic carbocycles. The molecule has 0 aromatic heterocycles. The van der Waals surface area contributed by atoms with Crippen LogP contribution in [0, 0.1) is 17.8 Å². The number of ketones is 1. The van der Waals surface area contributed by atoms with Gasteiger partial charge in [-0.05, 0) is 24.7 Å². The highest BCUT2D eigenvalue weighted by Gasteiger charge is 2.34. The van der Waals surface area contributed by atoms with E-state index in [9.17, 15) is 9.59 Å². The predicted molar refractivity (Wildman–Crippen MR) is 49.2 cm³/mol. The van der Waals surface area contributed by atoms with Crippen LogP contribution in [-0.2, 0) is 9.59 Å². The normalized spacial score (nSPS) is 35.5. The van der Waals surface area contributed by atoms with E-state index < -0.39 is 0 Å². The van der Waals surface area contributed by atoms with Gasteiger partial charge < -0.3 is 4.79 Å². The van der Waals surface area contributed by atoms with Crippen molar-refractivity contribution in [2.45, 2.75) is 38.5 Å². The van der Waals surface area contributed by atoms with Crippen molar-refractivity contribution < 1.29 is 9.59 Å². The first-order chi connectivity index (χ1) is 6.31. The van der Waals surface area contributed by atoms with Crippen LogP contribution in [0.25, 0.3) is 0 Å². The zero-order valence-electron chi connectivity index (χ0n) is 7.87. The average Bonchev–Trinajstić information content (AvgIpc) is 2.05. The van der Waals surface area contributed by atoms with Gasteiger partial charge in [-0.3, -0.25) is 4.79 Å². The Morgan fingerprint density at radius 1 is 1.15 bits per heavy atom. The van der Waals surface area contributed by atoms with Gasteiger partial charge in [0.2, 0.25) is 0 Å². The third-order valence-electron chi connectivity index (χ3n) is 3.71. The molecule has 0 N–H and O–H groups in total. The number of carbonyl (C=O) groups excluding carboxylic acids is 2. The predicted octanol–water partition coefficient (Wildman–Crippen LogP) is 1.97. The summed E-state index contributed by atoms with van der Waals surface area (Å²) in [7, 11) is 0. The molecule has 2 rings (SSSR count). The third-order valence-corrected chi connectivity index (χ3v) is 3.71. The first-order valence-electron chi connectivity index (χ1n) is 5.29. The summed E-state index contributed by atoms with van der Waals surface area (Å²) in [6, 6.07) is 0. The van der Waals surface area contributed by atoms with Crippen LogP contribution in [0.3, 0.4) is 0 Å². The molecule has 2 fully saturated rings. The van der Waals surface area contributed by atoms with Crippen LogP contribution >= 0.6 is 0 Å². The monoisotopic (exact) mass is 180 g/mol. The number of hydrogen-bond acceptors (Lipinski definition) is 2. The van der Waals surface area contributed by atoms with Crippen molar-refractivity contribution in [3.63, 3.8) is 0 Å². The highest BCUT2D eigenvalue weighted by Crippen LogP contribution is 2.41. The molecule has 13 heavy (non-hydrogen) atoms. The summed E-state index contributed by atoms with van der Waals surface area (Å²) < 4.78 is 0. The minimum absolute atomic E-state index is 0.172. The minimum Gasteiger partial charge on any atom is -0.303 e. The lowest BCUT2D eigenvalue weighted by atomic mass is 9.67. The number of Topliss-reactive ketones (excluding diaryl/α,β-unsaturated/α-hetero) is 1. The van der Waals surface area contributed by atoms with E-state index in [1.807, 2.05) is 0 Å². The number of rotatable bonds is 2. The second-order valence-electron chi connectivity index (χ2n) is 4.43. The molecule has 2 unspecified atom stereocenters. The molecule has 0 amide bonds. The van der Waals surface area contributed by atoms with Crippen molar-refractivity contribution in [1.82, 2.24) is 0 Å². The van der Waals surface area contributed by atoms with Crippen LogP contribution in [0.15, 0.2) is 0 Å². The smallest absolute Gasteiger partial charge is 0.143 e. The van der Waals surface area contributed by atoms with Gasteiger partial charge in [0.1, 0.15) is 12.1 Å². The SMILES string of the molecule is O=CC1CC(C2CCC2)CCC1=O. The number of carbonyl (C=O) groups is 2. The van der Waals surface area contributed by atoms with Crippen molar-refractivity contribution >= 4 is 12.1 Å². The van der Waals surface area contributed by atoms with Crippen molar-refractivity contribution in [2.75, 3.05) is 0 Å². The topological polar surface area (TPSA) is 34.1 Å². The van der Waals surface area contributed by atoms with Crippen LogP contribution in [0.1, 0.15) is 38.5 Å². The molecule has 0 bridgehead atoms. The van der Waals surface area contributed by atoms with Crippen LogP contribution in [-0.4, -0.2) is 12.1 Å². The van der Waals surface area contributed by atoms with Gasteiger partial charge in [0.25, 0.3) is 0 Å². The first-order valence-corrected chi connectivity index (χ1v) is 5.29. The van der Waals surface area contributed by atoms with Gasteiger partial charge in [0, 0.05) is 6.42 Å². The summed E-state index contributed by atoms with van der Waals surface area (Å²) >= 11 is 0. The Morgan fingerprint density at radius 2 is 1.92 bits per heavy atom. The van der Waals surface area contributed by atoms with E-state index in [0.29, 0.717) is 12.3 Å². The van der Waals surface area contributed by atoms with Gasteiger partial charge in [-0.15, -0.1) is 0 Å². The molecule has 0 aromatic carbocycles. The number of aldehydes is 1. The summed E-state index contributed by atoms with van der Waals surface area (Å²) in [4.78, 5) is 21.9. The lowest BCUT2D eigenvalue weighted by Gasteiger charge is -2.37. The fraction of sp³-hybridized carbons (Fsp3) is 0.818. The van der Waals surface area contributed by atoms with Gasteiger partial charge in [-0.1, -0.05) is 19.3 Å². The molecule has 0 heterocycles. The molecule has 2 atom stereocenters. The molecule has 0 saturated heterocycles. The van der Waals surface area contributed by atoms with E-state index in [4.69, 9.17) is 0 Å². The van der Waals surface area contributed by atoms with Crippen molar-refractivity contribution in [1.29, 1.82) is 0 Å². The fourth-order valence-electron chi connectivity index (χ4n) is 2.56. The van der Waals surface area contributed by atoms with Crippen LogP contribution in [0.2, 0.25) is 0 Å². The Balaban J connectivity index is 1.93. The van der Waals surface area contributed by atoms with Crippen LogP contribution in [0.4, 0.5) is 0 Å². The lowest BCUT2D eigenvalue weighted by Crippen LogP contribution is -2.32. The summed E-state index contributed by atoms with van der Waals surface area (Å²) in [6.45, 7) is 0. The van der Waals surface area contributed by atoms with Gasteiger partial charge in [0.15, 0.2) is 0 Å². The van der Waals surface area contributed by atoms with Crippen LogP contribution < -0.4 is 0 Å². The Hall–Kier alpha value is -0.660. The summed E-state index contributed by atoms with van der Waals surface area (Å²) in [5, 5.41) is 0. The minimum atomic E-state index is -0.264. The quantitative estimate of drug-likeness (QED) is 0.481. The molecule has 0 aliphatic heterocycles. The van der Waals surface area contributed by atoms with E-state index in [-0.39, 0.29) is 11.7 Å². The van der Waals surface area contributed by atoms with Crippen molar-refractivity contribution in [3.05, 3.63) is 0 Å². The maximum Gasteiger partial charge on any atom is 0.143 e. The van der Waals surface area contributed by atoms with Gasteiger partial charge in [0.05, 0.1) is 5.92 Å². The molecular weight excluding hydrogens is 164 g/mol. The molecule has 72 valence electrons. The van der Waals surface area contributed by atoms with Gasteiger partial charge in [-0.2, -0.15) is 0 Å². The number of hydrogen-bond donors (Lipinski definition) is 0. The molecule has 2 heteroatoms. The molecule has 2 saturated carbocycles. The second-order valence-corrected chi connectivity index (χ2v) is 4.43. The van der Waals surface area contributed by atoms with Gasteiger partial charge in [-0.25, -0.2) is 0 Å². The summed E-state index contributed by atoms with van der Waals surface area (Å²) in [6.07, 6.45) is 7.37. The Morgan fingerprint density at radius 3 is 2.46 bits per heavy atom. The molecule has 0 radical (unpaired) electrons. The standard InChI is InChI=1S/C11H16O2/c12-7-10-6-9(4-5-11(10)13)8-2-1-3-8/h7-10H,1-6H2. The lowest BCUT2D eigenvalue weighted by molar-refractivity contribution is -0.130. The Labute approximate surface area is 78.7 Å². The van der Waals surface area contributed by atoms with Gasteiger partial charge >= 0.3 is 0 Å². The zero-order valence-corrected chi connectivity index (χ0v) is 7.87. The average molecular weight is 180 g/mol. The van der Waals surface area contributed by atoms with E-state index in [2.05, 4.69) is 0 Å². The summed E-state index contributed by atoms with van der Waals surface area (Å²) in [5.74, 6) is 1.40. The molecule has 2 nitrogen and oxygen atoms in total. The van der Waals surface area contributed by atoms with Crippen LogP contribution in [0.5, 0.6) is 0 Å². The highest BCUT2D eigenvalue weighted by molar-refractivity contribution is 5.93. The Kier molecular flexibility index (Phi) is 2.47. The maximum absolute atomic E-state index is 11.3. The highest BCUT2D eigenvalue weighted by atomic mass is 16.1.